The minimum Gasteiger partial charge on any atom is -0.345 e. The molecule has 3 atom stereocenters. The van der Waals surface area contributed by atoms with E-state index < -0.39 is 29.8 Å². The van der Waals surface area contributed by atoms with Crippen LogP contribution in [0.15, 0.2) is 42.7 Å². The Bertz CT molecular complexity index is 1980. The van der Waals surface area contributed by atoms with Crippen molar-refractivity contribution in [1.82, 2.24) is 30.5 Å². The summed E-state index contributed by atoms with van der Waals surface area (Å²) in [5.41, 5.74) is 4.00. The molecule has 0 aliphatic carbocycles. The Labute approximate surface area is 328 Å². The van der Waals surface area contributed by atoms with Gasteiger partial charge in [0.05, 0.1) is 31.0 Å². The Hall–Kier alpha value is -5.73. The minimum atomic E-state index is -0.780. The number of anilines is 4. The van der Waals surface area contributed by atoms with E-state index in [1.54, 1.807) is 42.5 Å². The van der Waals surface area contributed by atoms with Crippen molar-refractivity contribution in [2.24, 2.45) is 17.8 Å². The van der Waals surface area contributed by atoms with Crippen LogP contribution in [0, 0.1) is 31.6 Å². The molecule has 15 heteroatoms. The third-order valence-electron chi connectivity index (χ3n) is 10.3. The van der Waals surface area contributed by atoms with E-state index in [9.17, 15) is 28.8 Å². The normalized spacial score (nSPS) is 16.4. The van der Waals surface area contributed by atoms with E-state index in [4.69, 9.17) is 0 Å². The van der Waals surface area contributed by atoms with Gasteiger partial charge in [0, 0.05) is 54.6 Å². The fourth-order valence-corrected chi connectivity index (χ4v) is 7.07. The Morgan fingerprint density at radius 2 is 1.73 bits per heavy atom. The first-order chi connectivity index (χ1) is 26.5. The third-order valence-corrected chi connectivity index (χ3v) is 10.3. The molecule has 5 amide bonds. The number of likely N-dealkylation sites (tertiary alicyclic amines) is 1. The molecule has 298 valence electrons. The zero-order chi connectivity index (χ0) is 40.8. The molecule has 2 aromatic heterocycles. The summed E-state index contributed by atoms with van der Waals surface area (Å²) in [5, 5.41) is 8.45. The highest BCUT2D eigenvalue weighted by Gasteiger charge is 2.39. The van der Waals surface area contributed by atoms with Gasteiger partial charge in [0.1, 0.15) is 11.9 Å². The van der Waals surface area contributed by atoms with E-state index in [-0.39, 0.29) is 54.9 Å². The van der Waals surface area contributed by atoms with Gasteiger partial charge in [-0.25, -0.2) is 9.78 Å². The van der Waals surface area contributed by atoms with E-state index in [0.717, 1.165) is 16.8 Å². The van der Waals surface area contributed by atoms with Crippen LogP contribution in [0.1, 0.15) is 87.5 Å². The van der Waals surface area contributed by atoms with Crippen LogP contribution < -0.4 is 25.8 Å². The molecule has 0 unspecified atom stereocenters. The Balaban J connectivity index is 1.25. The van der Waals surface area contributed by atoms with Gasteiger partial charge in [0.15, 0.2) is 11.6 Å². The number of aromatic nitrogens is 3. The van der Waals surface area contributed by atoms with Crippen molar-refractivity contribution in [3.05, 3.63) is 65.1 Å². The summed E-state index contributed by atoms with van der Waals surface area (Å²) < 4.78 is 0. The van der Waals surface area contributed by atoms with Crippen molar-refractivity contribution in [2.45, 2.75) is 92.8 Å². The molecule has 1 fully saturated rings. The largest absolute Gasteiger partial charge is 0.345 e. The molecule has 1 aromatic carbocycles. The minimum absolute atomic E-state index is 0.0919. The number of aryl methyl sites for hydroxylation is 2. The summed E-state index contributed by atoms with van der Waals surface area (Å²) in [4.78, 5) is 97.5. The van der Waals surface area contributed by atoms with Crippen LogP contribution in [0.4, 0.5) is 27.9 Å². The van der Waals surface area contributed by atoms with Crippen LogP contribution in [0.3, 0.4) is 0 Å². The highest BCUT2D eigenvalue weighted by Crippen LogP contribution is 2.34. The summed E-state index contributed by atoms with van der Waals surface area (Å²) in [7, 11) is 1.64. The molecule has 5 rings (SSSR count). The molecule has 3 aromatic rings. The number of urea groups is 1. The predicted octanol–water partition coefficient (Wildman–Crippen LogP) is 4.88. The first-order valence-electron chi connectivity index (χ1n) is 19.2. The fraction of sp³-hybridized carbons (Fsp3) is 0.488. The molecule has 1 saturated heterocycles. The van der Waals surface area contributed by atoms with Crippen molar-refractivity contribution < 1.29 is 28.8 Å². The van der Waals surface area contributed by atoms with Crippen LogP contribution in [-0.2, 0) is 25.7 Å². The Morgan fingerprint density at radius 1 is 0.982 bits per heavy atom. The maximum Gasteiger partial charge on any atom is 0.330 e. The smallest absolute Gasteiger partial charge is 0.330 e. The summed E-state index contributed by atoms with van der Waals surface area (Å²) in [6.45, 7) is 13.0. The molecular weight excluding hydrogens is 715 g/mol. The first-order valence-corrected chi connectivity index (χ1v) is 19.2. The molecule has 0 spiro atoms. The lowest BCUT2D eigenvalue weighted by Crippen LogP contribution is -2.51. The van der Waals surface area contributed by atoms with Gasteiger partial charge in [0.25, 0.3) is 0 Å². The molecule has 0 radical (unpaired) electrons. The van der Waals surface area contributed by atoms with Crippen LogP contribution in [0.2, 0.25) is 0 Å². The van der Waals surface area contributed by atoms with E-state index in [2.05, 4.69) is 30.9 Å². The number of amides is 5. The number of pyridine rings is 1. The van der Waals surface area contributed by atoms with Gasteiger partial charge in [-0.2, -0.15) is 4.98 Å². The standard InChI is InChI=1S/C41H53N9O6/c1-23(2)16-32(27(7)51)46-36(53)21-43-38(54)33-10-9-15-49(33)39(55)31(24(3)4)18-35(52)28-13-11-25(5)34(17-28)50-22-29-19-44-40(47-37(29)48(8)41(50)56)45-30-14-12-26(6)42-20-30/h11-14,17,19-20,23-24,31-33H,9-10,15-16,18,21-22H2,1-8H3,(H,43,54)(H,46,53)(H,44,45,47)/t31-,32-,33+/m0/s1. The Morgan fingerprint density at radius 3 is 2.39 bits per heavy atom. The zero-order valence-electron chi connectivity index (χ0n) is 33.5. The second-order valence-corrected chi connectivity index (χ2v) is 15.5. The lowest BCUT2D eigenvalue weighted by molar-refractivity contribution is -0.142. The molecule has 0 bridgehead atoms. The molecule has 0 saturated carbocycles. The number of ketones is 2. The number of nitrogens with one attached hydrogen (secondary N) is 3. The van der Waals surface area contributed by atoms with Gasteiger partial charge in [0.2, 0.25) is 23.7 Å². The average molecular weight is 768 g/mol. The number of carbonyl (C=O) groups excluding carboxylic acids is 6. The maximum atomic E-state index is 14.0. The van der Waals surface area contributed by atoms with E-state index in [1.807, 2.05) is 53.7 Å². The molecule has 2 aliphatic heterocycles. The Kier molecular flexibility index (Phi) is 13.2. The van der Waals surface area contributed by atoms with E-state index >= 15 is 0 Å². The average Bonchev–Trinajstić information content (AvgIpc) is 3.65. The molecular formula is C41H53N9O6. The van der Waals surface area contributed by atoms with Gasteiger partial charge in [-0.15, -0.1) is 0 Å². The number of hydrogen-bond acceptors (Lipinski definition) is 10. The lowest BCUT2D eigenvalue weighted by Gasteiger charge is -2.35. The molecule has 56 heavy (non-hydrogen) atoms. The number of Topliss-reactive ketones (excluding diaryl/α,β-unsaturated/α-hetero) is 2. The second-order valence-electron chi connectivity index (χ2n) is 15.5. The second kappa shape index (κ2) is 17.8. The number of fused-ring (bicyclic) bond motifs is 1. The van der Waals surface area contributed by atoms with Crippen molar-refractivity contribution in [3.63, 3.8) is 0 Å². The van der Waals surface area contributed by atoms with Gasteiger partial charge in [-0.05, 0) is 75.6 Å². The van der Waals surface area contributed by atoms with Crippen molar-refractivity contribution in [2.75, 3.05) is 35.3 Å². The lowest BCUT2D eigenvalue weighted by atomic mass is 9.87. The summed E-state index contributed by atoms with van der Waals surface area (Å²) in [6.07, 6.45) is 4.78. The van der Waals surface area contributed by atoms with E-state index in [0.29, 0.717) is 54.5 Å². The maximum absolute atomic E-state index is 14.0. The fourth-order valence-electron chi connectivity index (χ4n) is 7.07. The van der Waals surface area contributed by atoms with Crippen LogP contribution in [-0.4, -0.2) is 87.4 Å². The number of hydrogen-bond donors (Lipinski definition) is 3. The summed E-state index contributed by atoms with van der Waals surface area (Å²) in [5.74, 6) is -1.59. The van der Waals surface area contributed by atoms with Crippen LogP contribution in [0.25, 0.3) is 0 Å². The van der Waals surface area contributed by atoms with Crippen LogP contribution in [0.5, 0.6) is 0 Å². The SMILES string of the molecule is CC(=O)[C@H](CC(C)C)NC(=O)CNC(=O)[C@H]1CCCN1C(=O)[C@@H](CC(=O)c1ccc(C)c(N2Cc3cnc(Nc4ccc(C)nc4)nc3N(C)C2=O)c1)C(C)C. The molecule has 15 nitrogen and oxygen atoms in total. The first kappa shape index (κ1) is 41.4. The highest BCUT2D eigenvalue weighted by molar-refractivity contribution is 6.07. The number of carbonyl (C=O) groups is 6. The van der Waals surface area contributed by atoms with Crippen molar-refractivity contribution >= 4 is 58.5 Å². The number of rotatable bonds is 15. The van der Waals surface area contributed by atoms with Crippen molar-refractivity contribution in [3.8, 4) is 0 Å². The molecule has 4 heterocycles. The predicted molar refractivity (Wildman–Crippen MR) is 213 cm³/mol. The zero-order valence-corrected chi connectivity index (χ0v) is 33.5. The van der Waals surface area contributed by atoms with Gasteiger partial charge in [-0.3, -0.25) is 38.8 Å². The van der Waals surface area contributed by atoms with E-state index in [1.165, 1.54) is 16.7 Å². The molecule has 3 N–H and O–H groups in total. The van der Waals surface area contributed by atoms with Crippen molar-refractivity contribution in [1.29, 1.82) is 0 Å². The third kappa shape index (κ3) is 9.73. The van der Waals surface area contributed by atoms with Gasteiger partial charge < -0.3 is 20.9 Å². The number of benzene rings is 1. The van der Waals surface area contributed by atoms with Crippen LogP contribution >= 0.6 is 0 Å². The summed E-state index contributed by atoms with van der Waals surface area (Å²) in [6, 6.07) is 7.17. The molecule has 2 aliphatic rings. The highest BCUT2D eigenvalue weighted by atomic mass is 16.2. The summed E-state index contributed by atoms with van der Waals surface area (Å²) >= 11 is 0. The number of nitrogens with zero attached hydrogens (tertiary/aromatic N) is 6. The topological polar surface area (TPSA) is 187 Å². The monoisotopic (exact) mass is 767 g/mol. The van der Waals surface area contributed by atoms with Gasteiger partial charge in [-0.1, -0.05) is 39.8 Å². The van der Waals surface area contributed by atoms with Gasteiger partial charge >= 0.3 is 6.03 Å². The quantitative estimate of drug-likeness (QED) is 0.180.